The van der Waals surface area contributed by atoms with E-state index >= 15 is 0 Å². The van der Waals surface area contributed by atoms with Crippen molar-refractivity contribution in [3.8, 4) is 5.75 Å². The first-order valence-corrected chi connectivity index (χ1v) is 11.5. The molecular weight excluding hydrogens is 402 g/mol. The Morgan fingerprint density at radius 1 is 1.19 bits per heavy atom. The standard InChI is InChI=1S/C25H35N5O2/c1-16(2)26-24-21-7-8-22(27-25(21)29-28-24)19-10-11-30(14-19)13-18-6-9-23(32-17(3)4)20(12-18)15-31-5/h6-9,12,16-17,19H,10-11,13-15H2,1-5H3,(H2,26,27,28,29)/t19-/m1/s1. The van der Waals surface area contributed by atoms with Crippen molar-refractivity contribution in [3.05, 3.63) is 47.2 Å². The molecule has 0 unspecified atom stereocenters. The first-order valence-electron chi connectivity index (χ1n) is 11.5. The third-order valence-corrected chi connectivity index (χ3v) is 5.76. The average molecular weight is 438 g/mol. The second-order valence-electron chi connectivity index (χ2n) is 9.27. The number of methoxy groups -OCH3 is 1. The van der Waals surface area contributed by atoms with E-state index in [9.17, 15) is 0 Å². The fraction of sp³-hybridized carbons (Fsp3) is 0.520. The smallest absolute Gasteiger partial charge is 0.157 e. The highest BCUT2D eigenvalue weighted by Crippen LogP contribution is 2.30. The van der Waals surface area contributed by atoms with E-state index in [-0.39, 0.29) is 6.10 Å². The van der Waals surface area contributed by atoms with Crippen LogP contribution in [0.3, 0.4) is 0 Å². The first kappa shape index (κ1) is 22.6. The summed E-state index contributed by atoms with van der Waals surface area (Å²) in [5.41, 5.74) is 4.39. The van der Waals surface area contributed by atoms with E-state index in [1.54, 1.807) is 7.11 Å². The van der Waals surface area contributed by atoms with Gasteiger partial charge in [0.15, 0.2) is 11.5 Å². The van der Waals surface area contributed by atoms with Crippen molar-refractivity contribution >= 4 is 16.9 Å². The van der Waals surface area contributed by atoms with E-state index in [2.05, 4.69) is 64.6 Å². The lowest BCUT2D eigenvalue weighted by molar-refractivity contribution is 0.174. The van der Waals surface area contributed by atoms with Crippen molar-refractivity contribution in [3.63, 3.8) is 0 Å². The normalized spacial score (nSPS) is 17.0. The van der Waals surface area contributed by atoms with E-state index in [1.807, 2.05) is 13.8 Å². The molecule has 0 saturated carbocycles. The summed E-state index contributed by atoms with van der Waals surface area (Å²) in [5.74, 6) is 2.22. The summed E-state index contributed by atoms with van der Waals surface area (Å²) in [6.45, 7) is 11.9. The van der Waals surface area contributed by atoms with Gasteiger partial charge in [0.25, 0.3) is 0 Å². The van der Waals surface area contributed by atoms with Gasteiger partial charge in [0.1, 0.15) is 5.75 Å². The molecule has 3 aromatic rings. The van der Waals surface area contributed by atoms with Crippen LogP contribution < -0.4 is 10.1 Å². The SMILES string of the molecule is COCc1cc(CN2CC[C@@H](c3ccc4c(NC(C)C)n[nH]c4n3)C2)ccc1OC(C)C. The molecule has 1 aromatic carbocycles. The van der Waals surface area contributed by atoms with E-state index in [0.29, 0.717) is 18.6 Å². The molecule has 4 rings (SSSR count). The number of likely N-dealkylation sites (tertiary alicyclic amines) is 1. The van der Waals surface area contributed by atoms with Crippen LogP contribution in [0.25, 0.3) is 11.0 Å². The monoisotopic (exact) mass is 437 g/mol. The number of rotatable bonds is 9. The zero-order valence-corrected chi connectivity index (χ0v) is 19.8. The van der Waals surface area contributed by atoms with Gasteiger partial charge in [-0.15, -0.1) is 0 Å². The molecule has 7 nitrogen and oxygen atoms in total. The molecule has 1 saturated heterocycles. The highest BCUT2D eigenvalue weighted by Gasteiger charge is 2.25. The van der Waals surface area contributed by atoms with Gasteiger partial charge in [0.2, 0.25) is 0 Å². The quantitative estimate of drug-likeness (QED) is 0.505. The molecule has 1 aliphatic heterocycles. The number of ether oxygens (including phenoxy) is 2. The third kappa shape index (κ3) is 5.22. The fourth-order valence-electron chi connectivity index (χ4n) is 4.37. The van der Waals surface area contributed by atoms with Gasteiger partial charge >= 0.3 is 0 Å². The number of hydrogen-bond acceptors (Lipinski definition) is 6. The summed E-state index contributed by atoms with van der Waals surface area (Å²) < 4.78 is 11.3. The van der Waals surface area contributed by atoms with Crippen LogP contribution in [-0.4, -0.2) is 52.4 Å². The van der Waals surface area contributed by atoms with Crippen LogP contribution in [0.2, 0.25) is 0 Å². The summed E-state index contributed by atoms with van der Waals surface area (Å²) in [7, 11) is 1.72. The van der Waals surface area contributed by atoms with Gasteiger partial charge in [-0.2, -0.15) is 5.10 Å². The number of hydrogen-bond donors (Lipinski definition) is 2. The highest BCUT2D eigenvalue weighted by atomic mass is 16.5. The number of anilines is 1. The number of fused-ring (bicyclic) bond motifs is 1. The van der Waals surface area contributed by atoms with Crippen molar-refractivity contribution in [2.24, 2.45) is 0 Å². The van der Waals surface area contributed by atoms with E-state index < -0.39 is 0 Å². The summed E-state index contributed by atoms with van der Waals surface area (Å²) in [6, 6.07) is 11.1. The fourth-order valence-corrected chi connectivity index (χ4v) is 4.37. The predicted octanol–water partition coefficient (Wildman–Crippen LogP) is 4.70. The Hall–Kier alpha value is -2.64. The number of nitrogens with one attached hydrogen (secondary N) is 2. The highest BCUT2D eigenvalue weighted by molar-refractivity contribution is 5.87. The van der Waals surface area contributed by atoms with Gasteiger partial charge in [0.05, 0.1) is 18.1 Å². The zero-order valence-electron chi connectivity index (χ0n) is 19.8. The van der Waals surface area contributed by atoms with Crippen molar-refractivity contribution in [1.82, 2.24) is 20.1 Å². The average Bonchev–Trinajstić information content (AvgIpc) is 3.36. The molecule has 0 radical (unpaired) electrons. The number of H-pyrrole nitrogens is 1. The zero-order chi connectivity index (χ0) is 22.7. The molecule has 1 atom stereocenters. The Bertz CT molecular complexity index is 1050. The molecule has 1 aliphatic rings. The Morgan fingerprint density at radius 2 is 2.03 bits per heavy atom. The van der Waals surface area contributed by atoms with Gasteiger partial charge < -0.3 is 14.8 Å². The van der Waals surface area contributed by atoms with Crippen molar-refractivity contribution in [2.75, 3.05) is 25.5 Å². The second-order valence-corrected chi connectivity index (χ2v) is 9.27. The molecule has 0 amide bonds. The van der Waals surface area contributed by atoms with E-state index in [4.69, 9.17) is 14.5 Å². The van der Waals surface area contributed by atoms with Crippen LogP contribution >= 0.6 is 0 Å². The van der Waals surface area contributed by atoms with Crippen LogP contribution in [0, 0.1) is 0 Å². The minimum Gasteiger partial charge on any atom is -0.491 e. The number of benzene rings is 1. The van der Waals surface area contributed by atoms with Crippen molar-refractivity contribution < 1.29 is 9.47 Å². The van der Waals surface area contributed by atoms with Gasteiger partial charge in [-0.3, -0.25) is 10.00 Å². The topological polar surface area (TPSA) is 75.3 Å². The summed E-state index contributed by atoms with van der Waals surface area (Å²) >= 11 is 0. The minimum absolute atomic E-state index is 0.146. The van der Waals surface area contributed by atoms with Gasteiger partial charge in [-0.1, -0.05) is 6.07 Å². The second kappa shape index (κ2) is 9.88. The molecule has 0 bridgehead atoms. The number of aromatic amines is 1. The number of aromatic nitrogens is 3. The maximum absolute atomic E-state index is 5.94. The molecule has 2 N–H and O–H groups in total. The number of nitrogens with zero attached hydrogens (tertiary/aromatic N) is 3. The Morgan fingerprint density at radius 3 is 2.78 bits per heavy atom. The Balaban J connectivity index is 1.43. The Kier molecular flexibility index (Phi) is 6.96. The Labute approximate surface area is 190 Å². The van der Waals surface area contributed by atoms with Gasteiger partial charge in [-0.05, 0) is 70.5 Å². The molecule has 32 heavy (non-hydrogen) atoms. The molecule has 0 spiro atoms. The molecule has 0 aliphatic carbocycles. The van der Waals surface area contributed by atoms with Crippen LogP contribution in [-0.2, 0) is 17.9 Å². The van der Waals surface area contributed by atoms with Crippen molar-refractivity contribution in [1.29, 1.82) is 0 Å². The van der Waals surface area contributed by atoms with Crippen molar-refractivity contribution in [2.45, 2.75) is 65.3 Å². The van der Waals surface area contributed by atoms with E-state index in [1.165, 1.54) is 5.56 Å². The predicted molar refractivity (Wildman–Crippen MR) is 128 cm³/mol. The van der Waals surface area contributed by atoms with Crippen LogP contribution in [0.5, 0.6) is 5.75 Å². The lowest BCUT2D eigenvalue weighted by atomic mass is 10.0. The number of pyridine rings is 1. The van der Waals surface area contributed by atoms with Crippen LogP contribution in [0.15, 0.2) is 30.3 Å². The maximum atomic E-state index is 5.94. The molecule has 1 fully saturated rings. The molecule has 2 aromatic heterocycles. The van der Waals surface area contributed by atoms with E-state index in [0.717, 1.165) is 59.9 Å². The lowest BCUT2D eigenvalue weighted by Gasteiger charge is -2.19. The molecular formula is C25H35N5O2. The van der Waals surface area contributed by atoms with Crippen LogP contribution in [0.4, 0.5) is 5.82 Å². The summed E-state index contributed by atoms with van der Waals surface area (Å²) in [6.07, 6.45) is 1.26. The first-order chi connectivity index (χ1) is 15.4. The molecule has 3 heterocycles. The van der Waals surface area contributed by atoms with Crippen LogP contribution in [0.1, 0.15) is 56.9 Å². The van der Waals surface area contributed by atoms with Gasteiger partial charge in [-0.25, -0.2) is 4.98 Å². The molecule has 7 heteroatoms. The molecule has 172 valence electrons. The summed E-state index contributed by atoms with van der Waals surface area (Å²) in [5, 5.41) is 11.9. The van der Waals surface area contributed by atoms with Gasteiger partial charge in [0, 0.05) is 43.4 Å². The largest absolute Gasteiger partial charge is 0.491 e. The maximum Gasteiger partial charge on any atom is 0.157 e. The minimum atomic E-state index is 0.146. The lowest BCUT2D eigenvalue weighted by Crippen LogP contribution is -2.20. The summed E-state index contributed by atoms with van der Waals surface area (Å²) in [4.78, 5) is 7.39. The third-order valence-electron chi connectivity index (χ3n) is 5.76.